The molecule has 3 rings (SSSR count). The molecule has 2 aromatic rings. The molecule has 2 heterocycles. The smallest absolute Gasteiger partial charge is 0.356 e. The standard InChI is InChI=1S/C18H22N4O4/c1-25-15-5-3-4-13(10-15)17(23)22-8-6-21(7-9-22)12-14-11-19-20-16(14)18(24)26-2/h3-5,10-11H,6-9,12H2,1-2H3,(H,19,20). The molecule has 0 bridgehead atoms. The number of esters is 1. The largest absolute Gasteiger partial charge is 0.497 e. The topological polar surface area (TPSA) is 87.8 Å². The third-order valence-electron chi connectivity index (χ3n) is 4.48. The van der Waals surface area contributed by atoms with Gasteiger partial charge in [0.15, 0.2) is 0 Å². The van der Waals surface area contributed by atoms with Crippen molar-refractivity contribution in [3.63, 3.8) is 0 Å². The van der Waals surface area contributed by atoms with Gasteiger partial charge >= 0.3 is 5.97 Å². The van der Waals surface area contributed by atoms with Gasteiger partial charge in [-0.25, -0.2) is 4.79 Å². The van der Waals surface area contributed by atoms with Crippen LogP contribution in [0.1, 0.15) is 26.4 Å². The number of aromatic nitrogens is 2. The number of methoxy groups -OCH3 is 2. The number of nitrogens with one attached hydrogen (secondary N) is 1. The molecule has 1 aliphatic rings. The first-order valence-electron chi connectivity index (χ1n) is 8.38. The number of piperazine rings is 1. The number of H-pyrrole nitrogens is 1. The molecular formula is C18H22N4O4. The third-order valence-corrected chi connectivity index (χ3v) is 4.48. The van der Waals surface area contributed by atoms with Gasteiger partial charge in [0.05, 0.1) is 20.4 Å². The Morgan fingerprint density at radius 3 is 2.65 bits per heavy atom. The number of carbonyl (C=O) groups excluding carboxylic acids is 2. The second kappa shape index (κ2) is 8.01. The maximum Gasteiger partial charge on any atom is 0.356 e. The Morgan fingerprint density at radius 2 is 1.96 bits per heavy atom. The first-order chi connectivity index (χ1) is 12.6. The molecule has 0 radical (unpaired) electrons. The lowest BCUT2D eigenvalue weighted by molar-refractivity contribution is 0.0589. The fourth-order valence-electron chi connectivity index (χ4n) is 3.00. The van der Waals surface area contributed by atoms with Gasteiger partial charge in [-0.15, -0.1) is 0 Å². The van der Waals surface area contributed by atoms with Crippen LogP contribution in [0.4, 0.5) is 0 Å². The lowest BCUT2D eigenvalue weighted by Gasteiger charge is -2.34. The maximum atomic E-state index is 12.6. The molecular weight excluding hydrogens is 336 g/mol. The molecule has 1 aromatic heterocycles. The van der Waals surface area contributed by atoms with E-state index in [9.17, 15) is 9.59 Å². The van der Waals surface area contributed by atoms with Crippen LogP contribution in [-0.2, 0) is 11.3 Å². The molecule has 1 aromatic carbocycles. The molecule has 8 heteroatoms. The fourth-order valence-corrected chi connectivity index (χ4v) is 3.00. The van der Waals surface area contributed by atoms with Crippen molar-refractivity contribution in [2.24, 2.45) is 0 Å². The van der Waals surface area contributed by atoms with Crippen LogP contribution in [0, 0.1) is 0 Å². The van der Waals surface area contributed by atoms with E-state index in [1.807, 2.05) is 17.0 Å². The van der Waals surface area contributed by atoms with Gasteiger partial charge in [-0.2, -0.15) is 5.10 Å². The van der Waals surface area contributed by atoms with E-state index in [0.717, 1.165) is 18.7 Å². The van der Waals surface area contributed by atoms with Gasteiger partial charge in [-0.05, 0) is 18.2 Å². The summed E-state index contributed by atoms with van der Waals surface area (Å²) in [5.41, 5.74) is 1.80. The second-order valence-corrected chi connectivity index (χ2v) is 6.06. The van der Waals surface area contributed by atoms with E-state index in [4.69, 9.17) is 9.47 Å². The van der Waals surface area contributed by atoms with Crippen LogP contribution >= 0.6 is 0 Å². The summed E-state index contributed by atoms with van der Waals surface area (Å²) in [6, 6.07) is 7.18. The van der Waals surface area contributed by atoms with Crippen LogP contribution in [-0.4, -0.2) is 72.3 Å². The summed E-state index contributed by atoms with van der Waals surface area (Å²) in [5.74, 6) is 0.247. The van der Waals surface area contributed by atoms with Crippen LogP contribution < -0.4 is 4.74 Å². The lowest BCUT2D eigenvalue weighted by Crippen LogP contribution is -2.48. The van der Waals surface area contributed by atoms with Crippen molar-refractivity contribution in [2.45, 2.75) is 6.54 Å². The van der Waals surface area contributed by atoms with E-state index in [1.165, 1.54) is 7.11 Å². The average Bonchev–Trinajstić information content (AvgIpc) is 3.15. The Labute approximate surface area is 151 Å². The quantitative estimate of drug-likeness (QED) is 0.807. The SMILES string of the molecule is COC(=O)c1[nH]ncc1CN1CCN(C(=O)c2cccc(OC)c2)CC1. The number of benzene rings is 1. The number of carbonyl (C=O) groups is 2. The van der Waals surface area contributed by atoms with Crippen molar-refractivity contribution in [3.05, 3.63) is 47.3 Å². The molecule has 1 fully saturated rings. The first kappa shape index (κ1) is 17.9. The van der Waals surface area contributed by atoms with Crippen molar-refractivity contribution in [1.29, 1.82) is 0 Å². The number of hydrogen-bond donors (Lipinski definition) is 1. The molecule has 8 nitrogen and oxygen atoms in total. The van der Waals surface area contributed by atoms with Gasteiger partial charge in [0.25, 0.3) is 5.91 Å². The normalized spacial score (nSPS) is 14.9. The first-order valence-corrected chi connectivity index (χ1v) is 8.38. The predicted octanol–water partition coefficient (Wildman–Crippen LogP) is 1.16. The third kappa shape index (κ3) is 3.85. The van der Waals surface area contributed by atoms with E-state index < -0.39 is 5.97 Å². The minimum Gasteiger partial charge on any atom is -0.497 e. The Bertz CT molecular complexity index is 781. The minimum atomic E-state index is -0.427. The van der Waals surface area contributed by atoms with Crippen molar-refractivity contribution in [2.75, 3.05) is 40.4 Å². The number of hydrogen-bond acceptors (Lipinski definition) is 6. The van der Waals surface area contributed by atoms with Crippen LogP contribution in [0.25, 0.3) is 0 Å². The van der Waals surface area contributed by atoms with Crippen molar-refractivity contribution in [3.8, 4) is 5.75 Å². The lowest BCUT2D eigenvalue weighted by atomic mass is 10.1. The molecule has 0 aliphatic carbocycles. The zero-order valence-corrected chi connectivity index (χ0v) is 14.9. The average molecular weight is 358 g/mol. The number of amides is 1. The van der Waals surface area contributed by atoms with Gasteiger partial charge in [0.1, 0.15) is 11.4 Å². The summed E-state index contributed by atoms with van der Waals surface area (Å²) in [6.45, 7) is 3.29. The summed E-state index contributed by atoms with van der Waals surface area (Å²) in [5, 5.41) is 6.60. The van der Waals surface area contributed by atoms with E-state index in [2.05, 4.69) is 15.1 Å². The molecule has 1 aliphatic heterocycles. The highest BCUT2D eigenvalue weighted by Gasteiger charge is 2.24. The summed E-state index contributed by atoms with van der Waals surface area (Å²) in [7, 11) is 2.93. The zero-order valence-electron chi connectivity index (χ0n) is 14.9. The Balaban J connectivity index is 1.58. The van der Waals surface area contributed by atoms with Crippen molar-refractivity contribution in [1.82, 2.24) is 20.0 Å². The minimum absolute atomic E-state index is 0.00195. The van der Waals surface area contributed by atoms with Gasteiger partial charge in [0, 0.05) is 43.9 Å². The van der Waals surface area contributed by atoms with E-state index in [1.54, 1.807) is 25.4 Å². The highest BCUT2D eigenvalue weighted by atomic mass is 16.5. The van der Waals surface area contributed by atoms with Gasteiger partial charge in [-0.1, -0.05) is 6.07 Å². The van der Waals surface area contributed by atoms with Gasteiger partial charge < -0.3 is 14.4 Å². The van der Waals surface area contributed by atoms with E-state index in [0.29, 0.717) is 36.6 Å². The monoisotopic (exact) mass is 358 g/mol. The summed E-state index contributed by atoms with van der Waals surface area (Å²) in [6.07, 6.45) is 1.64. The number of rotatable bonds is 5. The summed E-state index contributed by atoms with van der Waals surface area (Å²) >= 11 is 0. The predicted molar refractivity (Wildman–Crippen MR) is 94.1 cm³/mol. The molecule has 0 atom stereocenters. The molecule has 0 spiro atoms. The molecule has 0 saturated carbocycles. The molecule has 1 amide bonds. The zero-order chi connectivity index (χ0) is 18.5. The number of ether oxygens (including phenoxy) is 2. The molecule has 0 unspecified atom stereocenters. The van der Waals surface area contributed by atoms with Crippen molar-refractivity contribution < 1.29 is 19.1 Å². The fraction of sp³-hybridized carbons (Fsp3) is 0.389. The van der Waals surface area contributed by atoms with Crippen LogP contribution in [0.3, 0.4) is 0 Å². The number of aromatic amines is 1. The molecule has 1 saturated heterocycles. The highest BCUT2D eigenvalue weighted by Crippen LogP contribution is 2.17. The second-order valence-electron chi connectivity index (χ2n) is 6.06. The molecule has 1 N–H and O–H groups in total. The van der Waals surface area contributed by atoms with Crippen LogP contribution in [0.15, 0.2) is 30.5 Å². The van der Waals surface area contributed by atoms with Gasteiger partial charge in [0.2, 0.25) is 0 Å². The molecule has 138 valence electrons. The van der Waals surface area contributed by atoms with E-state index >= 15 is 0 Å². The Kier molecular flexibility index (Phi) is 5.52. The molecule has 26 heavy (non-hydrogen) atoms. The van der Waals surface area contributed by atoms with Crippen molar-refractivity contribution >= 4 is 11.9 Å². The van der Waals surface area contributed by atoms with Crippen LogP contribution in [0.5, 0.6) is 5.75 Å². The Morgan fingerprint density at radius 1 is 1.19 bits per heavy atom. The maximum absolute atomic E-state index is 12.6. The van der Waals surface area contributed by atoms with E-state index in [-0.39, 0.29) is 5.91 Å². The Hall–Kier alpha value is -2.87. The number of nitrogens with zero attached hydrogens (tertiary/aromatic N) is 3. The summed E-state index contributed by atoms with van der Waals surface area (Å²) < 4.78 is 9.93. The van der Waals surface area contributed by atoms with Gasteiger partial charge in [-0.3, -0.25) is 14.8 Å². The van der Waals surface area contributed by atoms with Crippen LogP contribution in [0.2, 0.25) is 0 Å². The summed E-state index contributed by atoms with van der Waals surface area (Å²) in [4.78, 5) is 28.4. The highest BCUT2D eigenvalue weighted by molar-refractivity contribution is 5.94.